The van der Waals surface area contributed by atoms with Crippen molar-refractivity contribution in [2.24, 2.45) is 11.3 Å². The van der Waals surface area contributed by atoms with Gasteiger partial charge in [-0.05, 0) is 115 Å². The number of fused-ring (bicyclic) bond motifs is 3. The average molecular weight is 829 g/mol. The second kappa shape index (κ2) is 16.2. The molecule has 4 aliphatic heterocycles. The first-order valence-electron chi connectivity index (χ1n) is 21.6. The number of likely N-dealkylation sites (tertiary alicyclic amines) is 1. The Bertz CT molecular complexity index is 2460. The van der Waals surface area contributed by atoms with Crippen LogP contribution >= 0.6 is 0 Å². The van der Waals surface area contributed by atoms with Crippen molar-refractivity contribution in [1.82, 2.24) is 29.6 Å². The maximum Gasteiger partial charge on any atom is 0.262 e. The third-order valence-corrected chi connectivity index (χ3v) is 14.0. The van der Waals surface area contributed by atoms with Gasteiger partial charge in [0, 0.05) is 69.8 Å². The molecule has 1 unspecified atom stereocenters. The van der Waals surface area contributed by atoms with E-state index in [1.165, 1.54) is 0 Å². The van der Waals surface area contributed by atoms with E-state index in [0.717, 1.165) is 90.5 Å². The van der Waals surface area contributed by atoms with Gasteiger partial charge < -0.3 is 18.9 Å². The number of methoxy groups -OCH3 is 2. The van der Waals surface area contributed by atoms with Crippen LogP contribution < -0.4 is 20.3 Å². The van der Waals surface area contributed by atoms with Crippen molar-refractivity contribution < 1.29 is 33.4 Å². The Labute approximate surface area is 354 Å². The van der Waals surface area contributed by atoms with Crippen LogP contribution in [0.3, 0.4) is 0 Å². The molecule has 1 N–H and O–H groups in total. The molecule has 1 spiro atoms. The Balaban J connectivity index is 0.824. The summed E-state index contributed by atoms with van der Waals surface area (Å²) in [5.74, 6) is -0.661. The first kappa shape index (κ1) is 40.5. The molecule has 0 radical (unpaired) electrons. The minimum Gasteiger partial charge on any atom is -0.496 e. The van der Waals surface area contributed by atoms with Gasteiger partial charge in [0.15, 0.2) is 0 Å². The molecule has 3 fully saturated rings. The summed E-state index contributed by atoms with van der Waals surface area (Å²) in [5, 5.41) is 3.57. The van der Waals surface area contributed by atoms with Crippen LogP contribution in [-0.2, 0) is 29.2 Å². The van der Waals surface area contributed by atoms with Crippen molar-refractivity contribution in [1.29, 1.82) is 0 Å². The molecule has 5 aliphatic rings. The summed E-state index contributed by atoms with van der Waals surface area (Å²) >= 11 is 0. The van der Waals surface area contributed by atoms with E-state index >= 15 is 0 Å². The molecule has 2 aromatic heterocycles. The number of nitrogens with zero attached hydrogens (tertiary/aromatic N) is 5. The lowest BCUT2D eigenvalue weighted by atomic mass is 9.65. The van der Waals surface area contributed by atoms with E-state index in [9.17, 15) is 28.8 Å². The van der Waals surface area contributed by atoms with Gasteiger partial charge in [0.2, 0.25) is 11.8 Å². The number of benzene rings is 2. The summed E-state index contributed by atoms with van der Waals surface area (Å²) in [6.07, 6.45) is 13.5. The van der Waals surface area contributed by atoms with Gasteiger partial charge in [0.05, 0.1) is 30.7 Å². The predicted octanol–water partition coefficient (Wildman–Crippen LogP) is 5.71. The molecule has 9 rings (SSSR count). The highest BCUT2D eigenvalue weighted by molar-refractivity contribution is 6.23. The Kier molecular flexibility index (Phi) is 10.7. The fourth-order valence-corrected chi connectivity index (χ4v) is 10.5. The molecule has 318 valence electrons. The summed E-state index contributed by atoms with van der Waals surface area (Å²) in [4.78, 5) is 88.2. The lowest BCUT2D eigenvalue weighted by Gasteiger charge is -2.46. The van der Waals surface area contributed by atoms with Crippen molar-refractivity contribution in [3.8, 4) is 22.6 Å². The maximum absolute atomic E-state index is 14.3. The predicted molar refractivity (Wildman–Crippen MR) is 226 cm³/mol. The van der Waals surface area contributed by atoms with E-state index < -0.39 is 29.7 Å². The SMILES string of the molecule is CCCCn1cc(-c2cc(OC)c(C(=O)N3CCC4(CCC(CN5Cc6cc7c(cc6C5)C(=O)N(C5CCC(=O)NC5=O)C7=O)CC4)CC3)c(OC)c2)c2ccncc2c1=O. The van der Waals surface area contributed by atoms with Crippen LogP contribution in [0, 0.1) is 11.3 Å². The molecular formula is C47H52N6O8. The number of pyridine rings is 2. The molecule has 14 nitrogen and oxygen atoms in total. The van der Waals surface area contributed by atoms with E-state index in [-0.39, 0.29) is 29.7 Å². The van der Waals surface area contributed by atoms with Crippen LogP contribution in [-0.4, -0.2) is 93.7 Å². The number of carbonyl (C=O) groups is 5. The number of aryl methyl sites for hydroxylation is 1. The Morgan fingerprint density at radius 3 is 2.11 bits per heavy atom. The van der Waals surface area contributed by atoms with Crippen molar-refractivity contribution in [2.45, 2.75) is 96.8 Å². The Morgan fingerprint density at radius 2 is 1.51 bits per heavy atom. The van der Waals surface area contributed by atoms with E-state index in [2.05, 4.69) is 22.1 Å². The third-order valence-electron chi connectivity index (χ3n) is 14.0. The zero-order chi connectivity index (χ0) is 42.6. The van der Waals surface area contributed by atoms with Gasteiger partial charge in [-0.15, -0.1) is 0 Å². The lowest BCUT2D eigenvalue weighted by Crippen LogP contribution is -2.54. The summed E-state index contributed by atoms with van der Waals surface area (Å²) < 4.78 is 13.5. The molecule has 1 atom stereocenters. The smallest absolute Gasteiger partial charge is 0.262 e. The molecule has 2 aromatic carbocycles. The Hall–Kier alpha value is -5.89. The van der Waals surface area contributed by atoms with Gasteiger partial charge in [-0.1, -0.05) is 13.3 Å². The zero-order valence-electron chi connectivity index (χ0n) is 35.1. The van der Waals surface area contributed by atoms with E-state index in [1.807, 2.05) is 41.4 Å². The van der Waals surface area contributed by atoms with E-state index in [0.29, 0.717) is 72.2 Å². The second-order valence-electron chi connectivity index (χ2n) is 17.6. The monoisotopic (exact) mass is 828 g/mol. The Morgan fingerprint density at radius 1 is 0.852 bits per heavy atom. The zero-order valence-corrected chi connectivity index (χ0v) is 35.1. The van der Waals surface area contributed by atoms with Crippen molar-refractivity contribution >= 4 is 40.3 Å². The van der Waals surface area contributed by atoms with Crippen LogP contribution in [0.4, 0.5) is 0 Å². The fourth-order valence-electron chi connectivity index (χ4n) is 10.5. The number of amides is 5. The van der Waals surface area contributed by atoms with Crippen LogP contribution in [0.2, 0.25) is 0 Å². The molecule has 4 aromatic rings. The molecule has 14 heteroatoms. The number of imide groups is 2. The molecule has 1 aliphatic carbocycles. The second-order valence-corrected chi connectivity index (χ2v) is 17.6. The minimum atomic E-state index is -0.969. The topological polar surface area (TPSA) is 160 Å². The number of unbranched alkanes of at least 4 members (excludes halogenated alkanes) is 1. The molecule has 5 amide bonds. The van der Waals surface area contributed by atoms with Crippen molar-refractivity contribution in [3.05, 3.63) is 87.1 Å². The number of nitrogens with one attached hydrogen (secondary N) is 1. The van der Waals surface area contributed by atoms with Crippen LogP contribution in [0.15, 0.2) is 53.7 Å². The van der Waals surface area contributed by atoms with Crippen LogP contribution in [0.5, 0.6) is 11.5 Å². The largest absolute Gasteiger partial charge is 0.496 e. The van der Waals surface area contributed by atoms with Gasteiger partial charge in [-0.3, -0.25) is 48.9 Å². The number of rotatable bonds is 10. The standard InChI is InChI=1S/C47H52N6O8/c1-4-5-16-52-27-36(32-10-15-48-23-35(32)43(52)56)29-21-38(60-2)41(39(22-29)61-3)46(59)51-17-13-47(14-18-51)11-8-28(9-12-47)24-50-25-30-19-33-34(20-31(30)26-50)45(58)53(44(33)57)37-6-7-40(54)49-42(37)55/h10,15,19-23,27-28,37H,4-9,11-14,16-18,24-26H2,1-3H3,(H,49,54,55). The first-order valence-corrected chi connectivity index (χ1v) is 21.6. The van der Waals surface area contributed by atoms with E-state index in [1.54, 1.807) is 31.2 Å². The summed E-state index contributed by atoms with van der Waals surface area (Å²) in [6.45, 7) is 6.34. The molecular weight excluding hydrogens is 777 g/mol. The highest BCUT2D eigenvalue weighted by Gasteiger charge is 2.46. The van der Waals surface area contributed by atoms with Crippen molar-refractivity contribution in [3.63, 3.8) is 0 Å². The summed E-state index contributed by atoms with van der Waals surface area (Å²) in [6, 6.07) is 8.28. The number of piperidine rings is 2. The lowest BCUT2D eigenvalue weighted by molar-refractivity contribution is -0.136. The van der Waals surface area contributed by atoms with Gasteiger partial charge in [-0.2, -0.15) is 0 Å². The van der Waals surface area contributed by atoms with Gasteiger partial charge in [0.1, 0.15) is 23.1 Å². The van der Waals surface area contributed by atoms with Crippen molar-refractivity contribution in [2.75, 3.05) is 33.9 Å². The highest BCUT2D eigenvalue weighted by Crippen LogP contribution is 2.48. The fraction of sp³-hybridized carbons (Fsp3) is 0.468. The van der Waals surface area contributed by atoms with Gasteiger partial charge >= 0.3 is 0 Å². The number of hydrogen-bond donors (Lipinski definition) is 1. The third kappa shape index (κ3) is 7.28. The highest BCUT2D eigenvalue weighted by atomic mass is 16.5. The first-order chi connectivity index (χ1) is 29.5. The number of aromatic nitrogens is 2. The van der Waals surface area contributed by atoms with Gasteiger partial charge in [0.25, 0.3) is 23.3 Å². The number of carbonyl (C=O) groups excluding carboxylic acids is 5. The molecule has 1 saturated carbocycles. The number of ether oxygens (including phenoxy) is 2. The normalized spacial score (nSPS) is 20.3. The summed E-state index contributed by atoms with van der Waals surface area (Å²) in [7, 11) is 3.13. The molecule has 61 heavy (non-hydrogen) atoms. The van der Waals surface area contributed by atoms with E-state index in [4.69, 9.17) is 9.47 Å². The maximum atomic E-state index is 14.3. The summed E-state index contributed by atoms with van der Waals surface area (Å²) in [5.41, 5.74) is 4.89. The minimum absolute atomic E-state index is 0.0778. The van der Waals surface area contributed by atoms with Crippen LogP contribution in [0.25, 0.3) is 21.9 Å². The molecule has 0 bridgehead atoms. The molecule has 2 saturated heterocycles. The quantitative estimate of drug-likeness (QED) is 0.196. The molecule has 6 heterocycles. The average Bonchev–Trinajstić information content (AvgIpc) is 3.78. The number of hydrogen-bond acceptors (Lipinski definition) is 10. The van der Waals surface area contributed by atoms with Crippen LogP contribution in [0.1, 0.15) is 113 Å². The van der Waals surface area contributed by atoms with Gasteiger partial charge in [-0.25, -0.2) is 0 Å².